The standard InChI is InChI=1S/C42H64N6O4/c1-5-7-9-11-13-15-17-19-21-23-25-27-35(49)47-33-29-43-39(31(3)45-33)37-41(51)38(42(37)52)40-32(4)46-34(30-44-40)48-36(50)28-26-24-22-20-18-16-14-12-10-8-6-2/h29-30,51H,5-28H2,1-4H3,(H,45,47,49)/b40-38+,48-34?. The van der Waals surface area contributed by atoms with E-state index in [2.05, 4.69) is 44.1 Å². The van der Waals surface area contributed by atoms with Crippen molar-refractivity contribution >= 4 is 46.8 Å². The van der Waals surface area contributed by atoms with Crippen LogP contribution >= 0.6 is 0 Å². The van der Waals surface area contributed by atoms with E-state index < -0.39 is 5.78 Å². The number of carbonyl (C=O) groups is 3. The number of hydrogen-bond acceptors (Lipinski definition) is 7. The Balaban J connectivity index is 1.41. The van der Waals surface area contributed by atoms with E-state index in [9.17, 15) is 19.5 Å². The summed E-state index contributed by atoms with van der Waals surface area (Å²) < 4.78 is 0. The second-order valence-corrected chi connectivity index (χ2v) is 14.4. The molecule has 0 spiro atoms. The van der Waals surface area contributed by atoms with Crippen LogP contribution in [0.15, 0.2) is 38.2 Å². The third-order valence-electron chi connectivity index (χ3n) is 9.79. The second kappa shape index (κ2) is 24.4. The molecule has 1 aromatic rings. The first-order valence-corrected chi connectivity index (χ1v) is 20.3. The van der Waals surface area contributed by atoms with Gasteiger partial charge in [0.2, 0.25) is 17.6 Å². The number of allylic oxidation sites excluding steroid dienone is 3. The topological polar surface area (TPSA) is 146 Å². The third kappa shape index (κ3) is 14.7. The Bertz CT molecular complexity index is 1490. The van der Waals surface area contributed by atoms with E-state index in [1.807, 2.05) is 0 Å². The van der Waals surface area contributed by atoms with Gasteiger partial charge in [0.15, 0.2) is 11.7 Å². The van der Waals surface area contributed by atoms with E-state index in [0.717, 1.165) is 38.5 Å². The molecule has 2 heterocycles. The first-order valence-electron chi connectivity index (χ1n) is 20.3. The monoisotopic (exact) mass is 716 g/mol. The summed E-state index contributed by atoms with van der Waals surface area (Å²) in [5.74, 6) is -0.506. The van der Waals surface area contributed by atoms with E-state index >= 15 is 0 Å². The Morgan fingerprint density at radius 2 is 1.21 bits per heavy atom. The summed E-state index contributed by atoms with van der Waals surface area (Å²) in [4.78, 5) is 59.8. The number of nitrogens with one attached hydrogen (secondary N) is 1. The van der Waals surface area contributed by atoms with Crippen LogP contribution in [0.25, 0.3) is 5.57 Å². The van der Waals surface area contributed by atoms with Crippen molar-refractivity contribution in [2.24, 2.45) is 15.0 Å². The summed E-state index contributed by atoms with van der Waals surface area (Å²) in [6, 6.07) is 0. The van der Waals surface area contributed by atoms with Crippen molar-refractivity contribution < 1.29 is 19.5 Å². The normalized spacial score (nSPS) is 16.4. The molecule has 52 heavy (non-hydrogen) atoms. The Morgan fingerprint density at radius 3 is 1.69 bits per heavy atom. The average Bonchev–Trinajstić information content (AvgIpc) is 3.11. The molecular formula is C42H64N6O4. The maximum absolute atomic E-state index is 13.2. The number of aromatic nitrogens is 2. The molecule has 286 valence electrons. The molecule has 0 aromatic carbocycles. The fraction of sp³-hybridized carbons (Fsp3) is 0.667. The maximum Gasteiger partial charge on any atom is 0.247 e. The van der Waals surface area contributed by atoms with Crippen LogP contribution in [0.1, 0.15) is 186 Å². The summed E-state index contributed by atoms with van der Waals surface area (Å²) in [6.07, 6.45) is 30.3. The highest BCUT2D eigenvalue weighted by Gasteiger charge is 2.40. The number of aliphatic imine (C=N–C) groups is 3. The lowest BCUT2D eigenvalue weighted by molar-refractivity contribution is -0.118. The van der Waals surface area contributed by atoms with Crippen LogP contribution in [0.3, 0.4) is 0 Å². The van der Waals surface area contributed by atoms with Gasteiger partial charge in [0.25, 0.3) is 0 Å². The zero-order valence-corrected chi connectivity index (χ0v) is 32.5. The number of nitrogens with zero attached hydrogens (tertiary/aromatic N) is 5. The van der Waals surface area contributed by atoms with E-state index in [4.69, 9.17) is 0 Å². The highest BCUT2D eigenvalue weighted by atomic mass is 16.3. The number of aliphatic hydroxyl groups excluding tert-OH is 1. The first-order chi connectivity index (χ1) is 25.3. The molecule has 2 N–H and O–H groups in total. The van der Waals surface area contributed by atoms with Crippen LogP contribution in [-0.2, 0) is 14.4 Å². The van der Waals surface area contributed by atoms with Gasteiger partial charge in [0.05, 0.1) is 46.4 Å². The van der Waals surface area contributed by atoms with Crippen LogP contribution in [-0.4, -0.2) is 50.4 Å². The first kappa shape index (κ1) is 42.6. The van der Waals surface area contributed by atoms with Crippen molar-refractivity contribution in [1.29, 1.82) is 0 Å². The van der Waals surface area contributed by atoms with Gasteiger partial charge in [-0.3, -0.25) is 24.4 Å². The van der Waals surface area contributed by atoms with Crippen molar-refractivity contribution in [3.05, 3.63) is 34.6 Å². The van der Waals surface area contributed by atoms with Crippen molar-refractivity contribution in [2.45, 2.75) is 182 Å². The molecule has 0 saturated heterocycles. The zero-order chi connectivity index (χ0) is 37.6. The minimum absolute atomic E-state index is 0.0457. The summed E-state index contributed by atoms with van der Waals surface area (Å²) in [7, 11) is 0. The Kier molecular flexibility index (Phi) is 20.0. The van der Waals surface area contributed by atoms with Crippen LogP contribution in [0.5, 0.6) is 0 Å². The number of anilines is 1. The Morgan fingerprint density at radius 1 is 0.712 bits per heavy atom. The Labute approximate surface area is 312 Å². The van der Waals surface area contributed by atoms with Crippen LogP contribution in [0, 0.1) is 6.92 Å². The van der Waals surface area contributed by atoms with Gasteiger partial charge in [-0.05, 0) is 26.7 Å². The number of aliphatic hydroxyl groups is 1. The predicted molar refractivity (Wildman–Crippen MR) is 213 cm³/mol. The summed E-state index contributed by atoms with van der Waals surface area (Å²) in [5.41, 5.74) is 1.38. The minimum atomic E-state index is -0.419. The van der Waals surface area contributed by atoms with Gasteiger partial charge >= 0.3 is 0 Å². The van der Waals surface area contributed by atoms with Gasteiger partial charge in [0.1, 0.15) is 5.76 Å². The highest BCUT2D eigenvalue weighted by molar-refractivity contribution is 6.42. The summed E-state index contributed by atoms with van der Waals surface area (Å²) in [5, 5.41) is 13.7. The van der Waals surface area contributed by atoms with Crippen LogP contribution < -0.4 is 5.32 Å². The predicted octanol–water partition coefficient (Wildman–Crippen LogP) is 10.7. The minimum Gasteiger partial charge on any atom is -0.506 e. The Hall–Kier alpha value is -3.82. The van der Waals surface area contributed by atoms with Crippen molar-refractivity contribution in [3.8, 4) is 0 Å². The van der Waals surface area contributed by atoms with E-state index in [1.165, 1.54) is 115 Å². The molecule has 0 unspecified atom stereocenters. The number of aryl methyl sites for hydroxylation is 1. The molecule has 1 aliphatic heterocycles. The average molecular weight is 717 g/mol. The fourth-order valence-corrected chi connectivity index (χ4v) is 6.68. The number of unbranched alkanes of at least 4 members (excludes halogenated alkanes) is 20. The molecule has 10 heteroatoms. The lowest BCUT2D eigenvalue weighted by Crippen LogP contribution is -2.27. The number of ketones is 1. The van der Waals surface area contributed by atoms with Crippen LogP contribution in [0.4, 0.5) is 5.82 Å². The van der Waals surface area contributed by atoms with Crippen molar-refractivity contribution in [1.82, 2.24) is 9.97 Å². The molecule has 1 aliphatic carbocycles. The van der Waals surface area contributed by atoms with Crippen molar-refractivity contribution in [2.75, 3.05) is 5.32 Å². The van der Waals surface area contributed by atoms with Crippen molar-refractivity contribution in [3.63, 3.8) is 0 Å². The molecular weight excluding hydrogens is 652 g/mol. The van der Waals surface area contributed by atoms with E-state index in [-0.39, 0.29) is 45.9 Å². The van der Waals surface area contributed by atoms with Crippen LogP contribution in [0.2, 0.25) is 0 Å². The molecule has 0 fully saturated rings. The zero-order valence-electron chi connectivity index (χ0n) is 32.5. The highest BCUT2D eigenvalue weighted by Crippen LogP contribution is 2.39. The maximum atomic E-state index is 13.2. The number of rotatable bonds is 26. The molecule has 2 aliphatic rings. The molecule has 0 saturated carbocycles. The van der Waals surface area contributed by atoms with E-state index in [0.29, 0.717) is 30.1 Å². The number of amidine groups is 1. The smallest absolute Gasteiger partial charge is 0.247 e. The van der Waals surface area contributed by atoms with E-state index in [1.54, 1.807) is 13.8 Å². The molecule has 2 amide bonds. The second-order valence-electron chi connectivity index (χ2n) is 14.4. The van der Waals surface area contributed by atoms with Gasteiger partial charge in [-0.15, -0.1) is 0 Å². The summed E-state index contributed by atoms with van der Waals surface area (Å²) >= 11 is 0. The quantitative estimate of drug-likeness (QED) is 0.0720. The SMILES string of the molecule is CCCCCCCCCCCCCC(=O)N=C1C=N/C(=C2/C(=O)C(c3ncc(NC(=O)CCCCCCCCCCCCC)nc3C)=C2O)C(C)=N1. The van der Waals surface area contributed by atoms with Gasteiger partial charge in [0, 0.05) is 12.8 Å². The van der Waals surface area contributed by atoms with Gasteiger partial charge < -0.3 is 10.4 Å². The molecule has 0 bridgehead atoms. The largest absolute Gasteiger partial charge is 0.506 e. The van der Waals surface area contributed by atoms with Gasteiger partial charge in [-0.25, -0.2) is 9.98 Å². The lowest BCUT2D eigenvalue weighted by Gasteiger charge is -2.24. The molecule has 0 radical (unpaired) electrons. The molecule has 1 aromatic heterocycles. The fourth-order valence-electron chi connectivity index (χ4n) is 6.68. The number of hydrogen-bond donors (Lipinski definition) is 2. The van der Waals surface area contributed by atoms with Gasteiger partial charge in [-0.2, -0.15) is 4.99 Å². The molecule has 0 atom stereocenters. The summed E-state index contributed by atoms with van der Waals surface area (Å²) in [6.45, 7) is 7.83. The third-order valence-corrected chi connectivity index (χ3v) is 9.79. The number of carbonyl (C=O) groups excluding carboxylic acids is 3. The molecule has 3 rings (SSSR count). The lowest BCUT2D eigenvalue weighted by atomic mass is 9.83. The molecule has 10 nitrogen and oxygen atoms in total. The number of Topliss-reactive ketones (excluding diaryl/α,β-unsaturated/α-hetero) is 1. The van der Waals surface area contributed by atoms with Gasteiger partial charge in [-0.1, -0.05) is 142 Å². The number of amides is 2.